The quantitative estimate of drug-likeness (QED) is 0.603. The number of hydrogen-bond acceptors (Lipinski definition) is 8. The molecule has 1 saturated heterocycles. The lowest BCUT2D eigenvalue weighted by atomic mass is 10.1. The van der Waals surface area contributed by atoms with Crippen LogP contribution in [-0.4, -0.2) is 25.9 Å². The van der Waals surface area contributed by atoms with E-state index in [2.05, 4.69) is 4.98 Å². The Hall–Kier alpha value is -3.79. The first-order valence-corrected chi connectivity index (χ1v) is 11.4. The van der Waals surface area contributed by atoms with Gasteiger partial charge in [0.2, 0.25) is 15.9 Å². The van der Waals surface area contributed by atoms with Crippen LogP contribution in [0.25, 0.3) is 0 Å². The van der Waals surface area contributed by atoms with E-state index < -0.39 is 21.2 Å². The van der Waals surface area contributed by atoms with Gasteiger partial charge in [-0.05, 0) is 35.9 Å². The fourth-order valence-electron chi connectivity index (χ4n) is 3.72. The number of carbonyl (C=O) groups is 1. The topological polar surface area (TPSA) is 130 Å². The Morgan fingerprint density at radius 1 is 1.06 bits per heavy atom. The van der Waals surface area contributed by atoms with Crippen molar-refractivity contribution in [1.29, 1.82) is 0 Å². The van der Waals surface area contributed by atoms with Crippen LogP contribution >= 0.6 is 0 Å². The van der Waals surface area contributed by atoms with Gasteiger partial charge < -0.3 is 19.9 Å². The van der Waals surface area contributed by atoms with Gasteiger partial charge >= 0.3 is 0 Å². The number of fused-ring (bicyclic) bond motifs is 1. The van der Waals surface area contributed by atoms with E-state index in [1.807, 2.05) is 16.9 Å². The molecule has 2 aromatic carbocycles. The fraction of sp³-hybridized carbons (Fsp3) is 0.182. The molecule has 0 spiro atoms. The van der Waals surface area contributed by atoms with Gasteiger partial charge in [0.05, 0.1) is 12.6 Å². The SMILES string of the molecule is Nc1ccc(Oc2cccc3c2OC[C@H]3Oc2ccc(C3CC(=O)NS3(=O)=O)cc2)cn1. The summed E-state index contributed by atoms with van der Waals surface area (Å²) in [5.74, 6) is 2.12. The monoisotopic (exact) mass is 453 g/mol. The number of aromatic nitrogens is 1. The molecule has 1 unspecified atom stereocenters. The Labute approximate surface area is 184 Å². The number of amides is 1. The molecule has 2 atom stereocenters. The third-order valence-electron chi connectivity index (χ3n) is 5.25. The standard InChI is InChI=1S/C22H19N3O6S/c23-20-9-8-15(11-24-20)31-17-3-1-2-16-18(12-29-22(16)17)30-14-6-4-13(5-7-14)19-10-21(26)25-32(19,27)28/h1-9,11,18-19H,10,12H2,(H2,23,24)(H,25,26)/t18-,19?/m1/s1. The van der Waals surface area contributed by atoms with E-state index in [-0.39, 0.29) is 12.5 Å². The van der Waals surface area contributed by atoms with Gasteiger partial charge in [-0.2, -0.15) is 0 Å². The number of rotatable bonds is 5. The Kier molecular flexibility index (Phi) is 4.86. The lowest BCUT2D eigenvalue weighted by Gasteiger charge is -2.14. The second kappa shape index (κ2) is 7.72. The van der Waals surface area contributed by atoms with E-state index in [4.69, 9.17) is 19.9 Å². The van der Waals surface area contributed by atoms with Crippen LogP contribution < -0.4 is 24.7 Å². The van der Waals surface area contributed by atoms with E-state index in [9.17, 15) is 13.2 Å². The van der Waals surface area contributed by atoms with Gasteiger partial charge in [-0.3, -0.25) is 9.52 Å². The Morgan fingerprint density at radius 3 is 2.53 bits per heavy atom. The number of nitrogen functional groups attached to an aromatic ring is 1. The maximum absolute atomic E-state index is 12.1. The second-order valence-electron chi connectivity index (χ2n) is 7.44. The zero-order valence-corrected chi connectivity index (χ0v) is 17.5. The van der Waals surface area contributed by atoms with E-state index >= 15 is 0 Å². The van der Waals surface area contributed by atoms with Crippen molar-refractivity contribution in [3.63, 3.8) is 0 Å². The summed E-state index contributed by atoms with van der Waals surface area (Å²) in [6.07, 6.45) is 1.09. The maximum atomic E-state index is 12.1. The first kappa shape index (κ1) is 20.1. The van der Waals surface area contributed by atoms with Crippen LogP contribution in [0.15, 0.2) is 60.8 Å². The molecule has 5 rings (SSSR count). The van der Waals surface area contributed by atoms with Gasteiger partial charge in [-0.15, -0.1) is 0 Å². The van der Waals surface area contributed by atoms with E-state index in [1.165, 1.54) is 6.20 Å². The molecule has 3 N–H and O–H groups in total. The highest BCUT2D eigenvalue weighted by Crippen LogP contribution is 2.43. The molecule has 3 aromatic rings. The third-order valence-corrected chi connectivity index (χ3v) is 6.95. The maximum Gasteiger partial charge on any atom is 0.242 e. The van der Waals surface area contributed by atoms with Crippen molar-refractivity contribution in [1.82, 2.24) is 9.71 Å². The molecule has 0 saturated carbocycles. The Bertz CT molecular complexity index is 1280. The van der Waals surface area contributed by atoms with Crippen molar-refractivity contribution in [3.05, 3.63) is 71.9 Å². The smallest absolute Gasteiger partial charge is 0.242 e. The van der Waals surface area contributed by atoms with Gasteiger partial charge in [0, 0.05) is 5.56 Å². The molecule has 0 bridgehead atoms. The summed E-state index contributed by atoms with van der Waals surface area (Å²) in [5.41, 5.74) is 6.98. The highest BCUT2D eigenvalue weighted by atomic mass is 32.2. The summed E-state index contributed by atoms with van der Waals surface area (Å²) in [6, 6.07) is 15.6. The summed E-state index contributed by atoms with van der Waals surface area (Å²) in [4.78, 5) is 15.5. The Morgan fingerprint density at radius 2 is 1.84 bits per heavy atom. The second-order valence-corrected chi connectivity index (χ2v) is 9.31. The van der Waals surface area contributed by atoms with Crippen LogP contribution in [0.2, 0.25) is 0 Å². The zero-order valence-electron chi connectivity index (χ0n) is 16.7. The number of sulfonamides is 1. The fourth-order valence-corrected chi connectivity index (χ4v) is 5.15. The zero-order chi connectivity index (χ0) is 22.3. The lowest BCUT2D eigenvalue weighted by Crippen LogP contribution is -2.21. The summed E-state index contributed by atoms with van der Waals surface area (Å²) in [5, 5.41) is -0.887. The molecule has 0 radical (unpaired) electrons. The van der Waals surface area contributed by atoms with Crippen LogP contribution in [0.1, 0.15) is 28.9 Å². The number of pyridine rings is 1. The predicted octanol–water partition coefficient (Wildman–Crippen LogP) is 2.86. The molecular formula is C22H19N3O6S. The molecule has 9 nitrogen and oxygen atoms in total. The van der Waals surface area contributed by atoms with Crippen molar-refractivity contribution >= 4 is 21.7 Å². The minimum atomic E-state index is -3.68. The van der Waals surface area contributed by atoms with Crippen LogP contribution in [0.5, 0.6) is 23.0 Å². The van der Waals surface area contributed by atoms with Crippen molar-refractivity contribution in [2.45, 2.75) is 17.8 Å². The van der Waals surface area contributed by atoms with Crippen LogP contribution in [0.3, 0.4) is 0 Å². The molecule has 3 heterocycles. The number of nitrogens with one attached hydrogen (secondary N) is 1. The van der Waals surface area contributed by atoms with Crippen molar-refractivity contribution < 1.29 is 27.4 Å². The van der Waals surface area contributed by atoms with Crippen LogP contribution in [0, 0.1) is 0 Å². The van der Waals surface area contributed by atoms with Gasteiger partial charge in [0.25, 0.3) is 0 Å². The van der Waals surface area contributed by atoms with Crippen molar-refractivity contribution in [2.75, 3.05) is 12.3 Å². The highest BCUT2D eigenvalue weighted by Gasteiger charge is 2.37. The average Bonchev–Trinajstić information content (AvgIpc) is 3.30. The number of para-hydroxylation sites is 1. The van der Waals surface area contributed by atoms with E-state index in [0.29, 0.717) is 41.0 Å². The first-order chi connectivity index (χ1) is 15.4. The minimum Gasteiger partial charge on any atom is -0.485 e. The van der Waals surface area contributed by atoms with Crippen molar-refractivity contribution in [2.24, 2.45) is 0 Å². The van der Waals surface area contributed by atoms with Gasteiger partial charge in [0.1, 0.15) is 29.2 Å². The number of anilines is 1. The molecule has 32 heavy (non-hydrogen) atoms. The molecule has 1 aromatic heterocycles. The summed E-state index contributed by atoms with van der Waals surface area (Å²) < 4.78 is 43.9. The summed E-state index contributed by atoms with van der Waals surface area (Å²) >= 11 is 0. The number of ether oxygens (including phenoxy) is 3. The van der Waals surface area contributed by atoms with Crippen molar-refractivity contribution in [3.8, 4) is 23.0 Å². The van der Waals surface area contributed by atoms with E-state index in [1.54, 1.807) is 42.5 Å². The molecule has 164 valence electrons. The summed E-state index contributed by atoms with van der Waals surface area (Å²) in [7, 11) is -3.68. The van der Waals surface area contributed by atoms with Crippen LogP contribution in [0.4, 0.5) is 5.82 Å². The van der Waals surface area contributed by atoms with Gasteiger partial charge in [-0.1, -0.05) is 24.3 Å². The average molecular weight is 453 g/mol. The normalized spacial score (nSPS) is 20.8. The van der Waals surface area contributed by atoms with Gasteiger partial charge in [0.15, 0.2) is 17.6 Å². The highest BCUT2D eigenvalue weighted by molar-refractivity contribution is 7.90. The molecule has 2 aliphatic rings. The Balaban J connectivity index is 1.32. The summed E-state index contributed by atoms with van der Waals surface area (Å²) in [6.45, 7) is 0.298. The molecule has 1 fully saturated rings. The number of benzene rings is 2. The number of hydrogen-bond donors (Lipinski definition) is 2. The molecule has 1 amide bonds. The molecule has 2 aliphatic heterocycles. The third kappa shape index (κ3) is 3.80. The minimum absolute atomic E-state index is 0.0846. The molecular weight excluding hydrogens is 434 g/mol. The first-order valence-electron chi connectivity index (χ1n) is 9.85. The van der Waals surface area contributed by atoms with Crippen LogP contribution in [-0.2, 0) is 14.8 Å². The number of nitrogens with zero attached hydrogens (tertiary/aromatic N) is 1. The van der Waals surface area contributed by atoms with E-state index in [0.717, 1.165) is 5.56 Å². The van der Waals surface area contributed by atoms with Gasteiger partial charge in [-0.25, -0.2) is 13.4 Å². The largest absolute Gasteiger partial charge is 0.485 e. The molecule has 10 heteroatoms. The number of nitrogens with two attached hydrogens (primary N) is 1. The lowest BCUT2D eigenvalue weighted by molar-refractivity contribution is -0.118. The number of carbonyl (C=O) groups excluding carboxylic acids is 1. The predicted molar refractivity (Wildman–Crippen MR) is 115 cm³/mol. The molecule has 0 aliphatic carbocycles.